The first kappa shape index (κ1) is 40.5. The van der Waals surface area contributed by atoms with Crippen LogP contribution >= 0.6 is 7.82 Å². The van der Waals surface area contributed by atoms with Crippen LogP contribution in [0.4, 0.5) is 0 Å². The molecule has 3 unspecified atom stereocenters. The van der Waals surface area contributed by atoms with Crippen molar-refractivity contribution in [2.24, 2.45) is 0 Å². The topological polar surface area (TPSA) is 169 Å². The molecule has 0 fully saturated rings. The van der Waals surface area contributed by atoms with Crippen LogP contribution in [0.15, 0.2) is 0 Å². The maximum atomic E-state index is 12.1. The average molecular weight is 624 g/mol. The number of esters is 1. The molecule has 0 heterocycles. The summed E-state index contributed by atoms with van der Waals surface area (Å²) in [6.07, 6.45) is 18.8. The minimum atomic E-state index is -4.73. The number of carbonyl (C=O) groups is 3. The lowest BCUT2D eigenvalue weighted by Crippen LogP contribution is -2.43. The van der Waals surface area contributed by atoms with Gasteiger partial charge in [-0.3, -0.25) is 18.6 Å². The molecule has 0 rings (SSSR count). The molecule has 248 valence electrons. The van der Waals surface area contributed by atoms with E-state index in [9.17, 15) is 34.1 Å². The van der Waals surface area contributed by atoms with E-state index in [1.54, 1.807) is 0 Å². The highest BCUT2D eigenvalue weighted by Gasteiger charge is 2.28. The first-order valence-electron chi connectivity index (χ1n) is 16.1. The van der Waals surface area contributed by atoms with Gasteiger partial charge in [-0.05, 0) is 12.8 Å². The lowest BCUT2D eigenvalue weighted by molar-refractivity contribution is -0.147. The number of carboxylic acids is 1. The van der Waals surface area contributed by atoms with Crippen LogP contribution in [0, 0.1) is 0 Å². The Bertz CT molecular complexity index is 752. The van der Waals surface area contributed by atoms with Gasteiger partial charge in [0.1, 0.15) is 12.7 Å². The Morgan fingerprint density at radius 2 is 1.10 bits per heavy atom. The molecular formula is C30H58NO10P. The fourth-order valence-electron chi connectivity index (χ4n) is 4.31. The lowest BCUT2D eigenvalue weighted by atomic mass is 10.1. The molecule has 0 saturated heterocycles. The van der Waals surface area contributed by atoms with E-state index in [0.29, 0.717) is 12.8 Å². The van der Waals surface area contributed by atoms with Gasteiger partial charge in [-0.25, -0.2) is 9.36 Å². The first-order valence-corrected chi connectivity index (χ1v) is 17.6. The van der Waals surface area contributed by atoms with Crippen LogP contribution < -0.4 is 5.32 Å². The summed E-state index contributed by atoms with van der Waals surface area (Å²) in [5.41, 5.74) is 0. The molecule has 42 heavy (non-hydrogen) atoms. The molecule has 0 aromatic rings. The van der Waals surface area contributed by atoms with Crippen LogP contribution in [0.2, 0.25) is 0 Å². The van der Waals surface area contributed by atoms with E-state index in [-0.39, 0.29) is 12.8 Å². The van der Waals surface area contributed by atoms with Crippen molar-refractivity contribution in [1.82, 2.24) is 5.32 Å². The monoisotopic (exact) mass is 623 g/mol. The Kier molecular flexibility index (Phi) is 26.1. The van der Waals surface area contributed by atoms with Gasteiger partial charge in [-0.1, -0.05) is 117 Å². The van der Waals surface area contributed by atoms with Crippen LogP contribution in [0.1, 0.15) is 142 Å². The number of unbranched alkanes of at least 4 members (excludes halogenated alkanes) is 16. The smallest absolute Gasteiger partial charge is 0.472 e. The predicted molar refractivity (Wildman–Crippen MR) is 162 cm³/mol. The number of carboxylic acid groups (broad SMARTS) is 1. The number of aliphatic carboxylic acids is 1. The molecule has 0 bridgehead atoms. The van der Waals surface area contributed by atoms with Gasteiger partial charge in [0.05, 0.1) is 13.2 Å². The number of hydrogen-bond acceptors (Lipinski definition) is 8. The number of amides is 1. The van der Waals surface area contributed by atoms with E-state index in [1.807, 2.05) is 0 Å². The summed E-state index contributed by atoms with van der Waals surface area (Å²) in [7, 11) is -4.73. The van der Waals surface area contributed by atoms with Crippen LogP contribution in [0.3, 0.4) is 0 Å². The third-order valence-corrected chi connectivity index (χ3v) is 7.85. The molecule has 0 spiro atoms. The van der Waals surface area contributed by atoms with Gasteiger partial charge in [-0.2, -0.15) is 0 Å². The van der Waals surface area contributed by atoms with E-state index in [2.05, 4.69) is 19.2 Å². The number of ether oxygens (including phenoxy) is 1. The minimum Gasteiger partial charge on any atom is -0.480 e. The zero-order valence-corrected chi connectivity index (χ0v) is 27.0. The third-order valence-electron chi connectivity index (χ3n) is 6.90. The summed E-state index contributed by atoms with van der Waals surface area (Å²) >= 11 is 0. The van der Waals surface area contributed by atoms with Gasteiger partial charge in [0, 0.05) is 12.8 Å². The molecule has 11 nitrogen and oxygen atoms in total. The molecule has 0 aliphatic rings. The second-order valence-electron chi connectivity index (χ2n) is 11.0. The van der Waals surface area contributed by atoms with Crippen molar-refractivity contribution in [3.05, 3.63) is 0 Å². The molecule has 0 aliphatic heterocycles. The summed E-state index contributed by atoms with van der Waals surface area (Å²) in [6.45, 7) is 2.49. The highest BCUT2D eigenvalue weighted by atomic mass is 31.2. The van der Waals surface area contributed by atoms with Gasteiger partial charge in [0.25, 0.3) is 0 Å². The molecule has 1 amide bonds. The number of nitrogens with one attached hydrogen (secondary N) is 1. The second kappa shape index (κ2) is 27.1. The molecule has 0 aromatic heterocycles. The van der Waals surface area contributed by atoms with Gasteiger partial charge in [0.2, 0.25) is 5.91 Å². The number of carbonyl (C=O) groups excluding carboxylic acids is 2. The number of aliphatic hydroxyl groups is 1. The van der Waals surface area contributed by atoms with E-state index in [1.165, 1.54) is 64.2 Å². The Morgan fingerprint density at radius 3 is 1.57 bits per heavy atom. The average Bonchev–Trinajstić information content (AvgIpc) is 2.95. The highest BCUT2D eigenvalue weighted by molar-refractivity contribution is 7.47. The van der Waals surface area contributed by atoms with Gasteiger partial charge < -0.3 is 25.2 Å². The Labute approximate surface area is 253 Å². The van der Waals surface area contributed by atoms with Crippen LogP contribution in [0.5, 0.6) is 0 Å². The summed E-state index contributed by atoms with van der Waals surface area (Å²) in [5, 5.41) is 21.6. The van der Waals surface area contributed by atoms with Gasteiger partial charge in [0.15, 0.2) is 6.04 Å². The number of hydrogen-bond donors (Lipinski definition) is 4. The van der Waals surface area contributed by atoms with Crippen molar-refractivity contribution in [3.8, 4) is 0 Å². The van der Waals surface area contributed by atoms with E-state index < -0.39 is 57.6 Å². The maximum Gasteiger partial charge on any atom is 0.472 e. The largest absolute Gasteiger partial charge is 0.480 e. The first-order chi connectivity index (χ1) is 20.1. The van der Waals surface area contributed by atoms with Crippen molar-refractivity contribution >= 4 is 25.7 Å². The fraction of sp³-hybridized carbons (Fsp3) is 0.900. The maximum absolute atomic E-state index is 12.1. The summed E-state index contributed by atoms with van der Waals surface area (Å²) in [6, 6.07) is -1.54. The summed E-state index contributed by atoms with van der Waals surface area (Å²) in [5.74, 6) is -2.38. The SMILES string of the molecule is CCCCCCCCCCCCC(=O)NC(COP(=O)(O)OCC(O)COC(=O)CCCCCCCCCC)C(=O)O. The zero-order valence-electron chi connectivity index (χ0n) is 26.1. The van der Waals surface area contributed by atoms with Gasteiger partial charge >= 0.3 is 19.8 Å². The van der Waals surface area contributed by atoms with Crippen molar-refractivity contribution in [1.29, 1.82) is 0 Å². The van der Waals surface area contributed by atoms with Crippen molar-refractivity contribution in [3.63, 3.8) is 0 Å². The number of phosphoric ester groups is 1. The third kappa shape index (κ3) is 26.1. The molecular weight excluding hydrogens is 565 g/mol. The van der Waals surface area contributed by atoms with E-state index >= 15 is 0 Å². The highest BCUT2D eigenvalue weighted by Crippen LogP contribution is 2.43. The number of aliphatic hydroxyl groups excluding tert-OH is 1. The summed E-state index contributed by atoms with van der Waals surface area (Å²) in [4.78, 5) is 45.3. The molecule has 12 heteroatoms. The second-order valence-corrected chi connectivity index (χ2v) is 12.5. The molecule has 0 radical (unpaired) electrons. The Hall–Kier alpha value is -1.52. The normalized spacial score (nSPS) is 14.2. The molecule has 0 aromatic carbocycles. The van der Waals surface area contributed by atoms with Crippen LogP contribution in [-0.4, -0.2) is 64.9 Å². The van der Waals surface area contributed by atoms with Gasteiger partial charge in [-0.15, -0.1) is 0 Å². The Morgan fingerprint density at radius 1 is 0.667 bits per heavy atom. The van der Waals surface area contributed by atoms with Crippen molar-refractivity contribution in [2.45, 2.75) is 154 Å². The lowest BCUT2D eigenvalue weighted by Gasteiger charge is -2.18. The number of rotatable bonds is 30. The van der Waals surface area contributed by atoms with E-state index in [0.717, 1.165) is 38.5 Å². The number of phosphoric acid groups is 1. The van der Waals surface area contributed by atoms with Crippen LogP contribution in [0.25, 0.3) is 0 Å². The predicted octanol–water partition coefficient (Wildman–Crippen LogP) is 6.44. The van der Waals surface area contributed by atoms with E-state index in [4.69, 9.17) is 13.8 Å². The fourth-order valence-corrected chi connectivity index (χ4v) is 5.09. The molecule has 0 aliphatic carbocycles. The van der Waals surface area contributed by atoms with Crippen molar-refractivity contribution < 1.29 is 47.8 Å². The molecule has 3 atom stereocenters. The quantitative estimate of drug-likeness (QED) is 0.0397. The van der Waals surface area contributed by atoms with Crippen LogP contribution in [-0.2, 0) is 32.7 Å². The van der Waals surface area contributed by atoms with Crippen molar-refractivity contribution in [2.75, 3.05) is 19.8 Å². The minimum absolute atomic E-state index is 0.150. The molecule has 0 saturated carbocycles. The summed E-state index contributed by atoms with van der Waals surface area (Å²) < 4.78 is 26.5. The Balaban J connectivity index is 4.06. The molecule has 4 N–H and O–H groups in total. The standard InChI is InChI=1S/C30H58NO10P/c1-3-5-7-9-11-13-14-15-17-19-21-28(33)31-27(30(35)36)25-41-42(37,38)40-24-26(32)23-39-29(34)22-20-18-16-12-10-8-6-4-2/h26-27,32H,3-25H2,1-2H3,(H,31,33)(H,35,36)(H,37,38). The zero-order chi connectivity index (χ0) is 31.5.